The van der Waals surface area contributed by atoms with Gasteiger partial charge in [0.2, 0.25) is 0 Å². The molecule has 0 aromatic carbocycles. The summed E-state index contributed by atoms with van der Waals surface area (Å²) in [6.45, 7) is 3.86. The molecule has 1 aliphatic rings. The second kappa shape index (κ2) is 5.31. The molecular weight excluding hydrogens is 213 g/mol. The first kappa shape index (κ1) is 13.0. The van der Waals surface area contributed by atoms with Crippen molar-refractivity contribution in [3.63, 3.8) is 0 Å². The van der Waals surface area contributed by atoms with Crippen molar-refractivity contribution >= 4 is 19.0 Å². The zero-order chi connectivity index (χ0) is 12.3. The molecule has 0 amide bonds. The van der Waals surface area contributed by atoms with Crippen molar-refractivity contribution in [1.82, 2.24) is 4.81 Å². The maximum Gasteiger partial charge on any atom is 0.376 e. The zero-order valence-corrected chi connectivity index (χ0v) is 9.42. The Bertz CT molecular complexity index is 283. The first-order valence-electron chi connectivity index (χ1n) is 5.29. The van der Waals surface area contributed by atoms with Crippen LogP contribution in [0.15, 0.2) is 0 Å². The van der Waals surface area contributed by atoms with Crippen molar-refractivity contribution in [2.45, 2.75) is 13.7 Å². The van der Waals surface area contributed by atoms with E-state index in [9.17, 15) is 14.6 Å². The average Bonchev–Trinajstić information content (AvgIpc) is 2.62. The van der Waals surface area contributed by atoms with E-state index in [4.69, 9.17) is 9.84 Å². The number of rotatable bonds is 4. The van der Waals surface area contributed by atoms with Crippen molar-refractivity contribution in [2.24, 2.45) is 11.8 Å². The lowest BCUT2D eigenvalue weighted by atomic mass is 9.86. The van der Waals surface area contributed by atoms with E-state index in [1.165, 1.54) is 0 Å². The minimum Gasteiger partial charge on any atom is -0.481 e. The van der Waals surface area contributed by atoms with E-state index >= 15 is 0 Å². The molecule has 0 saturated carbocycles. The molecule has 1 heterocycles. The van der Waals surface area contributed by atoms with Gasteiger partial charge in [-0.25, -0.2) is 0 Å². The van der Waals surface area contributed by atoms with E-state index in [1.54, 1.807) is 18.6 Å². The summed E-state index contributed by atoms with van der Waals surface area (Å²) >= 11 is 0. The zero-order valence-electron chi connectivity index (χ0n) is 9.42. The fourth-order valence-electron chi connectivity index (χ4n) is 1.88. The lowest BCUT2D eigenvalue weighted by molar-refractivity contribution is -0.155. The smallest absolute Gasteiger partial charge is 0.376 e. The van der Waals surface area contributed by atoms with Gasteiger partial charge in [0, 0.05) is 13.1 Å². The predicted octanol–water partition coefficient (Wildman–Crippen LogP) is -0.708. The Labute approximate surface area is 94.3 Å². The Morgan fingerprint density at radius 1 is 1.44 bits per heavy atom. The number of carboxylic acids is 1. The van der Waals surface area contributed by atoms with E-state index < -0.39 is 30.8 Å². The highest BCUT2D eigenvalue weighted by Crippen LogP contribution is 2.25. The molecule has 90 valence electrons. The summed E-state index contributed by atoms with van der Waals surface area (Å²) in [6.07, 6.45) is 0. The van der Waals surface area contributed by atoms with Gasteiger partial charge in [-0.2, -0.15) is 0 Å². The van der Waals surface area contributed by atoms with Gasteiger partial charge in [-0.3, -0.25) is 9.59 Å². The molecule has 1 rings (SSSR count). The van der Waals surface area contributed by atoms with E-state index in [-0.39, 0.29) is 19.7 Å². The van der Waals surface area contributed by atoms with Gasteiger partial charge in [-0.15, -0.1) is 0 Å². The summed E-state index contributed by atoms with van der Waals surface area (Å²) in [5, 5.41) is 18.3. The first-order chi connectivity index (χ1) is 7.47. The van der Waals surface area contributed by atoms with Crippen LogP contribution in [0, 0.1) is 11.8 Å². The summed E-state index contributed by atoms with van der Waals surface area (Å²) in [5.74, 6) is -3.01. The Balaban J connectivity index is 2.73. The van der Waals surface area contributed by atoms with Crippen molar-refractivity contribution in [2.75, 3.05) is 19.7 Å². The molecule has 7 heteroatoms. The highest BCUT2D eigenvalue weighted by atomic mass is 16.5. The Morgan fingerprint density at radius 2 is 2.00 bits per heavy atom. The summed E-state index contributed by atoms with van der Waals surface area (Å²) in [6, 6.07) is 0. The third-order valence-corrected chi connectivity index (χ3v) is 2.78. The highest BCUT2D eigenvalue weighted by molar-refractivity contribution is 6.45. The molecule has 0 aromatic heterocycles. The quantitative estimate of drug-likeness (QED) is 0.489. The molecule has 2 atom stereocenters. The maximum absolute atomic E-state index is 11.5. The number of ether oxygens (including phenoxy) is 1. The second-order valence-electron chi connectivity index (χ2n) is 3.89. The molecule has 0 aromatic rings. The lowest BCUT2D eigenvalue weighted by Gasteiger charge is -2.15. The van der Waals surface area contributed by atoms with Crippen molar-refractivity contribution < 1.29 is 24.5 Å². The topological polar surface area (TPSA) is 87.1 Å². The van der Waals surface area contributed by atoms with E-state index in [2.05, 4.69) is 0 Å². The van der Waals surface area contributed by atoms with Crippen LogP contribution in [0.1, 0.15) is 6.92 Å². The molecule has 1 saturated heterocycles. The van der Waals surface area contributed by atoms with Crippen LogP contribution in [0.5, 0.6) is 0 Å². The minimum atomic E-state index is -1.03. The standard InChI is InChI=1S/C9H16BNO5/c1-3-16-9(14)7-5-11(10(2)15)4-6(7)8(12)13/h6-7,15H,3-5H2,1-2H3,(H,12,13)/t6-,7+/m1/s1. The summed E-state index contributed by atoms with van der Waals surface area (Å²) < 4.78 is 4.82. The maximum atomic E-state index is 11.5. The van der Waals surface area contributed by atoms with E-state index in [0.717, 1.165) is 0 Å². The number of carboxylic acid groups (broad SMARTS) is 1. The van der Waals surface area contributed by atoms with Crippen molar-refractivity contribution in [3.8, 4) is 0 Å². The average molecular weight is 229 g/mol. The van der Waals surface area contributed by atoms with E-state index in [0.29, 0.717) is 0 Å². The van der Waals surface area contributed by atoms with Gasteiger partial charge >= 0.3 is 19.0 Å². The van der Waals surface area contributed by atoms with Crippen LogP contribution in [-0.2, 0) is 14.3 Å². The lowest BCUT2D eigenvalue weighted by Crippen LogP contribution is -2.36. The fraction of sp³-hybridized carbons (Fsp3) is 0.778. The number of hydrogen-bond donors (Lipinski definition) is 2. The largest absolute Gasteiger partial charge is 0.481 e. The monoisotopic (exact) mass is 229 g/mol. The number of hydrogen-bond acceptors (Lipinski definition) is 5. The number of carbonyl (C=O) groups is 2. The van der Waals surface area contributed by atoms with Crippen LogP contribution >= 0.6 is 0 Å². The predicted molar refractivity (Wildman–Crippen MR) is 56.7 cm³/mol. The molecule has 16 heavy (non-hydrogen) atoms. The molecule has 0 unspecified atom stereocenters. The van der Waals surface area contributed by atoms with Crippen LogP contribution in [0.25, 0.3) is 0 Å². The number of nitrogens with zero attached hydrogens (tertiary/aromatic N) is 1. The molecular formula is C9H16BNO5. The van der Waals surface area contributed by atoms with Crippen LogP contribution in [0.3, 0.4) is 0 Å². The van der Waals surface area contributed by atoms with Gasteiger partial charge in [0.15, 0.2) is 0 Å². The highest BCUT2D eigenvalue weighted by Gasteiger charge is 2.44. The van der Waals surface area contributed by atoms with Crippen molar-refractivity contribution in [1.29, 1.82) is 0 Å². The Morgan fingerprint density at radius 3 is 2.44 bits per heavy atom. The summed E-state index contributed by atoms with van der Waals surface area (Å²) in [5.41, 5.74) is 0. The van der Waals surface area contributed by atoms with Crippen LogP contribution < -0.4 is 0 Å². The summed E-state index contributed by atoms with van der Waals surface area (Å²) in [4.78, 5) is 24.1. The van der Waals surface area contributed by atoms with Gasteiger partial charge in [0.05, 0.1) is 18.4 Å². The number of aliphatic carboxylic acids is 1. The Hall–Kier alpha value is -1.08. The van der Waals surface area contributed by atoms with Crippen molar-refractivity contribution in [3.05, 3.63) is 0 Å². The molecule has 0 spiro atoms. The van der Waals surface area contributed by atoms with Gasteiger partial charge in [0.25, 0.3) is 0 Å². The normalized spacial score (nSPS) is 25.4. The van der Waals surface area contributed by atoms with Gasteiger partial charge in [0.1, 0.15) is 0 Å². The van der Waals surface area contributed by atoms with Crippen LogP contribution in [0.4, 0.5) is 0 Å². The van der Waals surface area contributed by atoms with Gasteiger partial charge in [-0.05, 0) is 13.7 Å². The second-order valence-corrected chi connectivity index (χ2v) is 3.89. The number of esters is 1. The first-order valence-corrected chi connectivity index (χ1v) is 5.29. The third-order valence-electron chi connectivity index (χ3n) is 2.78. The molecule has 1 aliphatic heterocycles. The molecule has 6 nitrogen and oxygen atoms in total. The molecule has 2 N–H and O–H groups in total. The fourth-order valence-corrected chi connectivity index (χ4v) is 1.88. The summed E-state index contributed by atoms with van der Waals surface area (Å²) in [7, 11) is -0.749. The number of carbonyl (C=O) groups excluding carboxylic acids is 1. The molecule has 0 radical (unpaired) electrons. The minimum absolute atomic E-state index is 0.177. The van der Waals surface area contributed by atoms with Gasteiger partial charge in [-0.1, -0.05) is 0 Å². The molecule has 0 bridgehead atoms. The molecule has 0 aliphatic carbocycles. The van der Waals surface area contributed by atoms with Crippen LogP contribution in [0.2, 0.25) is 6.82 Å². The van der Waals surface area contributed by atoms with Gasteiger partial charge < -0.3 is 19.7 Å². The third kappa shape index (κ3) is 2.73. The van der Waals surface area contributed by atoms with E-state index in [1.807, 2.05) is 0 Å². The SMILES string of the molecule is CCOC(=O)[C@H]1CN(B(C)O)C[C@H]1C(=O)O. The Kier molecular flexibility index (Phi) is 4.31. The van der Waals surface area contributed by atoms with Crippen LogP contribution in [-0.4, -0.2) is 53.6 Å². The molecule has 1 fully saturated rings.